The highest BCUT2D eigenvalue weighted by atomic mass is 35.5. The summed E-state index contributed by atoms with van der Waals surface area (Å²) in [5, 5.41) is 3.90. The summed E-state index contributed by atoms with van der Waals surface area (Å²) in [5.74, 6) is 0.879. The van der Waals surface area contributed by atoms with E-state index in [2.05, 4.69) is 10.2 Å². The smallest absolute Gasteiger partial charge is 0.237 e. The van der Waals surface area contributed by atoms with Crippen LogP contribution in [0, 0.1) is 0 Å². The summed E-state index contributed by atoms with van der Waals surface area (Å²) in [7, 11) is -1.41. The van der Waals surface area contributed by atoms with Crippen molar-refractivity contribution in [2.45, 2.75) is 41.6 Å². The first-order chi connectivity index (χ1) is 15.3. The lowest BCUT2D eigenvalue weighted by molar-refractivity contribution is -0.126. The Morgan fingerprint density at radius 3 is 2.62 bits per heavy atom. The van der Waals surface area contributed by atoms with Gasteiger partial charge < -0.3 is 10.1 Å². The Bertz CT molecular complexity index is 1060. The van der Waals surface area contributed by atoms with Gasteiger partial charge in [-0.15, -0.1) is 11.8 Å². The first-order valence-corrected chi connectivity index (χ1v) is 13.7. The fourth-order valence-electron chi connectivity index (χ4n) is 4.29. The van der Waals surface area contributed by atoms with Crippen molar-refractivity contribution < 1.29 is 17.9 Å². The Morgan fingerprint density at radius 2 is 1.97 bits per heavy atom. The number of sulfone groups is 1. The number of carbonyl (C=O) groups is 1. The number of benzene rings is 2. The number of likely N-dealkylation sites (tertiary alicyclic amines) is 1. The maximum Gasteiger partial charge on any atom is 0.237 e. The van der Waals surface area contributed by atoms with Crippen LogP contribution in [-0.2, 0) is 21.2 Å². The van der Waals surface area contributed by atoms with Gasteiger partial charge in [-0.25, -0.2) is 8.42 Å². The van der Waals surface area contributed by atoms with E-state index in [1.54, 1.807) is 18.9 Å². The van der Waals surface area contributed by atoms with E-state index in [4.69, 9.17) is 16.3 Å². The second-order valence-corrected chi connectivity index (χ2v) is 12.3. The summed E-state index contributed by atoms with van der Waals surface area (Å²) in [6.07, 6.45) is 1.17. The van der Waals surface area contributed by atoms with Crippen molar-refractivity contribution >= 4 is 39.1 Å². The molecule has 2 aromatic rings. The van der Waals surface area contributed by atoms with Gasteiger partial charge in [0.2, 0.25) is 5.91 Å². The highest BCUT2D eigenvalue weighted by Crippen LogP contribution is 2.35. The average molecular weight is 495 g/mol. The number of rotatable bonds is 7. The van der Waals surface area contributed by atoms with Crippen molar-refractivity contribution in [3.8, 4) is 5.75 Å². The molecule has 2 heterocycles. The molecule has 1 N–H and O–H groups in total. The minimum Gasteiger partial charge on any atom is -0.497 e. The summed E-state index contributed by atoms with van der Waals surface area (Å²) in [4.78, 5) is 16.4. The minimum atomic E-state index is -3.05. The zero-order valence-electron chi connectivity index (χ0n) is 17.9. The highest BCUT2D eigenvalue weighted by molar-refractivity contribution is 8.00. The van der Waals surface area contributed by atoms with E-state index in [9.17, 15) is 13.2 Å². The molecule has 0 spiro atoms. The number of carbonyl (C=O) groups excluding carboxylic acids is 1. The van der Waals surface area contributed by atoms with E-state index in [-0.39, 0.29) is 34.7 Å². The molecule has 3 atom stereocenters. The summed E-state index contributed by atoms with van der Waals surface area (Å²) < 4.78 is 28.8. The van der Waals surface area contributed by atoms with E-state index in [1.165, 1.54) is 0 Å². The van der Waals surface area contributed by atoms with Crippen molar-refractivity contribution in [2.75, 3.05) is 25.2 Å². The van der Waals surface area contributed by atoms with E-state index in [0.29, 0.717) is 24.4 Å². The Kier molecular flexibility index (Phi) is 7.34. The van der Waals surface area contributed by atoms with Gasteiger partial charge in [0.1, 0.15) is 5.75 Å². The zero-order chi connectivity index (χ0) is 22.7. The lowest BCUT2D eigenvalue weighted by atomic mass is 10.1. The first kappa shape index (κ1) is 23.4. The van der Waals surface area contributed by atoms with Gasteiger partial charge in [-0.2, -0.15) is 0 Å². The molecule has 2 aliphatic heterocycles. The number of nitrogens with zero attached hydrogens (tertiary/aromatic N) is 1. The Morgan fingerprint density at radius 1 is 1.22 bits per heavy atom. The largest absolute Gasteiger partial charge is 0.497 e. The molecule has 32 heavy (non-hydrogen) atoms. The summed E-state index contributed by atoms with van der Waals surface area (Å²) in [5.41, 5.74) is 0.977. The van der Waals surface area contributed by atoms with Crippen LogP contribution >= 0.6 is 23.4 Å². The van der Waals surface area contributed by atoms with Gasteiger partial charge in [-0.1, -0.05) is 29.8 Å². The topological polar surface area (TPSA) is 75.7 Å². The van der Waals surface area contributed by atoms with Crippen LogP contribution in [0.2, 0.25) is 5.02 Å². The molecule has 0 bridgehead atoms. The SMILES string of the molecule is COc1ccc(S[C@@H]2C[C@@H](C(=O)NC3CCS(=O)(=O)C3)N(Cc3ccccc3Cl)C2)cc1. The molecule has 1 unspecified atom stereocenters. The third kappa shape index (κ3) is 5.78. The number of methoxy groups -OCH3 is 1. The van der Waals surface area contributed by atoms with Crippen LogP contribution < -0.4 is 10.1 Å². The van der Waals surface area contributed by atoms with E-state index in [1.807, 2.05) is 48.5 Å². The average Bonchev–Trinajstić information content (AvgIpc) is 3.32. The Labute approximate surface area is 198 Å². The quantitative estimate of drug-likeness (QED) is 0.636. The standard InChI is InChI=1S/C23H27ClN2O4S2/c1-30-18-6-8-19(9-7-18)31-20-12-22(23(27)25-17-10-11-32(28,29)15-17)26(14-20)13-16-4-2-3-5-21(16)24/h2-9,17,20,22H,10-15H2,1H3,(H,25,27)/t17?,20-,22+/m1/s1. The molecule has 0 saturated carbocycles. The maximum atomic E-state index is 13.2. The molecule has 1 amide bonds. The number of hydrogen-bond acceptors (Lipinski definition) is 6. The summed E-state index contributed by atoms with van der Waals surface area (Å²) in [6, 6.07) is 15.0. The molecule has 6 nitrogen and oxygen atoms in total. The molecule has 2 aliphatic rings. The van der Waals surface area contributed by atoms with Crippen LogP contribution in [0.4, 0.5) is 0 Å². The fourth-order valence-corrected chi connectivity index (χ4v) is 7.38. The summed E-state index contributed by atoms with van der Waals surface area (Å²) in [6.45, 7) is 1.31. The van der Waals surface area contributed by atoms with Crippen LogP contribution in [0.25, 0.3) is 0 Å². The van der Waals surface area contributed by atoms with Crippen molar-refractivity contribution in [3.05, 3.63) is 59.1 Å². The maximum absolute atomic E-state index is 13.2. The molecule has 0 aliphatic carbocycles. The lowest BCUT2D eigenvalue weighted by Gasteiger charge is -2.25. The normalized spacial score (nSPS) is 25.0. The first-order valence-electron chi connectivity index (χ1n) is 10.6. The van der Waals surface area contributed by atoms with Crippen LogP contribution in [0.3, 0.4) is 0 Å². The second kappa shape index (κ2) is 10.0. The van der Waals surface area contributed by atoms with Gasteiger partial charge in [0.15, 0.2) is 9.84 Å². The Balaban J connectivity index is 1.47. The molecule has 0 radical (unpaired) electrons. The van der Waals surface area contributed by atoms with Crippen LogP contribution in [-0.4, -0.2) is 61.7 Å². The highest BCUT2D eigenvalue weighted by Gasteiger charge is 2.39. The minimum absolute atomic E-state index is 0.0278. The van der Waals surface area contributed by atoms with Gasteiger partial charge in [-0.3, -0.25) is 9.69 Å². The molecule has 2 saturated heterocycles. The zero-order valence-corrected chi connectivity index (χ0v) is 20.3. The lowest BCUT2D eigenvalue weighted by Crippen LogP contribution is -2.47. The fraction of sp³-hybridized carbons (Fsp3) is 0.435. The number of hydrogen-bond donors (Lipinski definition) is 1. The Hall–Kier alpha value is -1.74. The van der Waals surface area contributed by atoms with Crippen molar-refractivity contribution in [2.24, 2.45) is 0 Å². The summed E-state index contributed by atoms with van der Waals surface area (Å²) >= 11 is 8.13. The van der Waals surface area contributed by atoms with Crippen molar-refractivity contribution in [1.29, 1.82) is 0 Å². The molecule has 0 aromatic heterocycles. The molecule has 9 heteroatoms. The van der Waals surface area contributed by atoms with E-state index in [0.717, 1.165) is 22.8 Å². The van der Waals surface area contributed by atoms with Crippen LogP contribution in [0.15, 0.2) is 53.4 Å². The second-order valence-electron chi connectivity index (χ2n) is 8.30. The number of halogens is 1. The van der Waals surface area contributed by atoms with Crippen molar-refractivity contribution in [1.82, 2.24) is 10.2 Å². The molecule has 2 fully saturated rings. The third-order valence-corrected chi connectivity index (χ3v) is 9.30. The van der Waals surface area contributed by atoms with Gasteiger partial charge in [0.25, 0.3) is 0 Å². The van der Waals surface area contributed by atoms with Crippen LogP contribution in [0.1, 0.15) is 18.4 Å². The predicted octanol–water partition coefficient (Wildman–Crippen LogP) is 3.39. The molecule has 4 rings (SSSR count). The van der Waals surface area contributed by atoms with Crippen LogP contribution in [0.5, 0.6) is 5.75 Å². The van der Waals surface area contributed by atoms with Gasteiger partial charge in [-0.05, 0) is 48.7 Å². The number of nitrogens with one attached hydrogen (secondary N) is 1. The number of ether oxygens (including phenoxy) is 1. The molecule has 2 aromatic carbocycles. The molecular weight excluding hydrogens is 468 g/mol. The third-order valence-electron chi connectivity index (χ3n) is 5.94. The number of thioether (sulfide) groups is 1. The van der Waals surface area contributed by atoms with Gasteiger partial charge in [0, 0.05) is 34.3 Å². The molecular formula is C23H27ClN2O4S2. The van der Waals surface area contributed by atoms with Gasteiger partial charge in [0.05, 0.1) is 24.7 Å². The van der Waals surface area contributed by atoms with E-state index >= 15 is 0 Å². The number of amides is 1. The van der Waals surface area contributed by atoms with Gasteiger partial charge >= 0.3 is 0 Å². The predicted molar refractivity (Wildman–Crippen MR) is 128 cm³/mol. The molecule has 172 valence electrons. The van der Waals surface area contributed by atoms with E-state index < -0.39 is 9.84 Å². The van der Waals surface area contributed by atoms with Crippen molar-refractivity contribution in [3.63, 3.8) is 0 Å². The monoisotopic (exact) mass is 494 g/mol.